The van der Waals surface area contributed by atoms with Crippen LogP contribution in [0, 0.1) is 0 Å². The fraction of sp³-hybridized carbons (Fsp3) is 0. The largest absolute Gasteiger partial charge is 0.309 e. The molecule has 1 nitrogen and oxygen atoms in total. The molecular weight excluding hydrogens is 454 g/mol. The zero-order valence-corrected chi connectivity index (χ0v) is 20.3. The number of hydrogen-bond acceptors (Lipinski definition) is 1. The molecule has 0 spiro atoms. The molecule has 0 bridgehead atoms. The van der Waals surface area contributed by atoms with Gasteiger partial charge in [0.2, 0.25) is 0 Å². The molecular formula is C34H21NS. The van der Waals surface area contributed by atoms with Crippen LogP contribution in [0.5, 0.6) is 0 Å². The van der Waals surface area contributed by atoms with Crippen LogP contribution in [-0.4, -0.2) is 4.57 Å². The van der Waals surface area contributed by atoms with Crippen molar-refractivity contribution in [3.8, 4) is 16.8 Å². The molecule has 168 valence electrons. The minimum atomic E-state index is 1.20. The number of fused-ring (bicyclic) bond motifs is 8. The van der Waals surface area contributed by atoms with E-state index in [0.717, 1.165) is 0 Å². The summed E-state index contributed by atoms with van der Waals surface area (Å²) in [4.78, 5) is 0. The fourth-order valence-corrected chi connectivity index (χ4v) is 7.01. The van der Waals surface area contributed by atoms with Crippen LogP contribution in [0.2, 0.25) is 0 Å². The van der Waals surface area contributed by atoms with Gasteiger partial charge in [-0.05, 0) is 52.2 Å². The number of para-hydroxylation sites is 2. The summed E-state index contributed by atoms with van der Waals surface area (Å²) in [6.45, 7) is 0. The standard InChI is InChI=1S/C34H21NS/c1-2-11-25(12-3-1)35-30-16-7-6-13-27(30)28-19-20-31-32(33(28)35)29-15-8-14-26(34(29)36-31)24-18-17-22-9-4-5-10-23(22)21-24/h1-21H. The summed E-state index contributed by atoms with van der Waals surface area (Å²) in [5.74, 6) is 0. The summed E-state index contributed by atoms with van der Waals surface area (Å²) in [6.07, 6.45) is 0. The van der Waals surface area contributed by atoms with Gasteiger partial charge < -0.3 is 4.57 Å². The molecule has 2 heteroatoms. The first-order valence-corrected chi connectivity index (χ1v) is 13.1. The predicted molar refractivity (Wildman–Crippen MR) is 157 cm³/mol. The molecule has 6 aromatic carbocycles. The van der Waals surface area contributed by atoms with E-state index in [4.69, 9.17) is 0 Å². The van der Waals surface area contributed by atoms with E-state index < -0.39 is 0 Å². The van der Waals surface area contributed by atoms with Gasteiger partial charge in [0.05, 0.1) is 11.0 Å². The van der Waals surface area contributed by atoms with E-state index in [1.807, 2.05) is 11.3 Å². The summed E-state index contributed by atoms with van der Waals surface area (Å²) in [6, 6.07) is 46.4. The Morgan fingerprint density at radius 2 is 1.31 bits per heavy atom. The Hall–Kier alpha value is -4.40. The van der Waals surface area contributed by atoms with Crippen molar-refractivity contribution in [2.45, 2.75) is 0 Å². The third-order valence-electron chi connectivity index (χ3n) is 7.37. The summed E-state index contributed by atoms with van der Waals surface area (Å²) < 4.78 is 5.12. The maximum atomic E-state index is 2.45. The van der Waals surface area contributed by atoms with Gasteiger partial charge in [0.1, 0.15) is 0 Å². The zero-order valence-electron chi connectivity index (χ0n) is 19.5. The minimum absolute atomic E-state index is 1.20. The molecule has 0 atom stereocenters. The highest BCUT2D eigenvalue weighted by molar-refractivity contribution is 7.26. The number of rotatable bonds is 2. The average molecular weight is 476 g/mol. The lowest BCUT2D eigenvalue weighted by Gasteiger charge is -2.09. The molecule has 2 aromatic heterocycles. The Labute approximate surface area is 212 Å². The molecule has 0 aliphatic carbocycles. The number of thiophene rings is 1. The summed E-state index contributed by atoms with van der Waals surface area (Å²) in [5, 5.41) is 7.82. The highest BCUT2D eigenvalue weighted by Gasteiger charge is 2.19. The molecule has 0 saturated carbocycles. The van der Waals surface area contributed by atoms with E-state index in [0.29, 0.717) is 0 Å². The Kier molecular flexibility index (Phi) is 4.16. The number of hydrogen-bond donors (Lipinski definition) is 0. The lowest BCUT2D eigenvalue weighted by atomic mass is 9.99. The van der Waals surface area contributed by atoms with E-state index in [1.165, 1.54) is 69.6 Å². The second kappa shape index (κ2) is 7.55. The number of aromatic nitrogens is 1. The van der Waals surface area contributed by atoms with Gasteiger partial charge in [-0.25, -0.2) is 0 Å². The molecule has 8 aromatic rings. The van der Waals surface area contributed by atoms with Gasteiger partial charge in [0.25, 0.3) is 0 Å². The second-order valence-corrected chi connectivity index (χ2v) is 10.4. The molecule has 0 aliphatic heterocycles. The van der Waals surface area contributed by atoms with E-state index in [-0.39, 0.29) is 0 Å². The van der Waals surface area contributed by atoms with Gasteiger partial charge in [0, 0.05) is 36.6 Å². The van der Waals surface area contributed by atoms with Crippen LogP contribution in [0.1, 0.15) is 0 Å². The first-order chi connectivity index (χ1) is 17.9. The monoisotopic (exact) mass is 475 g/mol. The topological polar surface area (TPSA) is 4.93 Å². The molecule has 0 N–H and O–H groups in total. The Bertz CT molecular complexity index is 2090. The van der Waals surface area contributed by atoms with Crippen LogP contribution in [0.4, 0.5) is 0 Å². The third-order valence-corrected chi connectivity index (χ3v) is 8.57. The smallest absolute Gasteiger partial charge is 0.0634 e. The zero-order chi connectivity index (χ0) is 23.6. The van der Waals surface area contributed by atoms with Crippen LogP contribution >= 0.6 is 11.3 Å². The van der Waals surface area contributed by atoms with Crippen molar-refractivity contribution in [1.82, 2.24) is 4.57 Å². The number of benzene rings is 6. The molecule has 2 heterocycles. The van der Waals surface area contributed by atoms with E-state index >= 15 is 0 Å². The molecule has 0 aliphatic rings. The lowest BCUT2D eigenvalue weighted by molar-refractivity contribution is 1.19. The van der Waals surface area contributed by atoms with Crippen molar-refractivity contribution in [3.05, 3.63) is 127 Å². The minimum Gasteiger partial charge on any atom is -0.309 e. The van der Waals surface area contributed by atoms with Gasteiger partial charge in [-0.15, -0.1) is 11.3 Å². The maximum absolute atomic E-state index is 2.45. The molecule has 0 radical (unpaired) electrons. The Morgan fingerprint density at radius 1 is 0.528 bits per heavy atom. The Balaban J connectivity index is 1.51. The molecule has 0 saturated heterocycles. The molecule has 0 fully saturated rings. The van der Waals surface area contributed by atoms with Crippen molar-refractivity contribution in [1.29, 1.82) is 0 Å². The van der Waals surface area contributed by atoms with Gasteiger partial charge in [-0.3, -0.25) is 0 Å². The van der Waals surface area contributed by atoms with Crippen molar-refractivity contribution >= 4 is 64.1 Å². The Morgan fingerprint density at radius 3 is 2.22 bits per heavy atom. The van der Waals surface area contributed by atoms with Crippen LogP contribution in [0.15, 0.2) is 127 Å². The molecule has 0 unspecified atom stereocenters. The second-order valence-electron chi connectivity index (χ2n) is 9.37. The summed E-state index contributed by atoms with van der Waals surface area (Å²) in [5.41, 5.74) is 6.31. The van der Waals surface area contributed by atoms with Crippen molar-refractivity contribution in [2.75, 3.05) is 0 Å². The van der Waals surface area contributed by atoms with Crippen molar-refractivity contribution in [2.24, 2.45) is 0 Å². The SMILES string of the molecule is c1ccc(-n2c3ccccc3c3ccc4sc5c(-c6ccc7ccccc7c6)cccc5c4c32)cc1. The van der Waals surface area contributed by atoms with Crippen LogP contribution in [-0.2, 0) is 0 Å². The highest BCUT2D eigenvalue weighted by Crippen LogP contribution is 2.45. The molecule has 36 heavy (non-hydrogen) atoms. The fourth-order valence-electron chi connectivity index (χ4n) is 5.77. The third kappa shape index (κ3) is 2.76. The summed E-state index contributed by atoms with van der Waals surface area (Å²) in [7, 11) is 0. The van der Waals surface area contributed by atoms with Crippen molar-refractivity contribution < 1.29 is 0 Å². The van der Waals surface area contributed by atoms with E-state index in [2.05, 4.69) is 132 Å². The van der Waals surface area contributed by atoms with Crippen LogP contribution in [0.3, 0.4) is 0 Å². The van der Waals surface area contributed by atoms with Crippen molar-refractivity contribution in [3.63, 3.8) is 0 Å². The first-order valence-electron chi connectivity index (χ1n) is 12.3. The molecule has 8 rings (SSSR count). The van der Waals surface area contributed by atoms with Gasteiger partial charge in [0.15, 0.2) is 0 Å². The maximum Gasteiger partial charge on any atom is 0.0634 e. The average Bonchev–Trinajstić information content (AvgIpc) is 3.49. The quantitative estimate of drug-likeness (QED) is 0.234. The van der Waals surface area contributed by atoms with E-state index in [1.54, 1.807) is 0 Å². The van der Waals surface area contributed by atoms with E-state index in [9.17, 15) is 0 Å². The van der Waals surface area contributed by atoms with Gasteiger partial charge in [-0.2, -0.15) is 0 Å². The highest BCUT2D eigenvalue weighted by atomic mass is 32.1. The van der Waals surface area contributed by atoms with Crippen LogP contribution in [0.25, 0.3) is 69.6 Å². The van der Waals surface area contributed by atoms with Gasteiger partial charge in [-0.1, -0.05) is 97.1 Å². The lowest BCUT2D eigenvalue weighted by Crippen LogP contribution is -1.93. The predicted octanol–water partition coefficient (Wildman–Crippen LogP) is 9.97. The summed E-state index contributed by atoms with van der Waals surface area (Å²) >= 11 is 1.90. The first kappa shape index (κ1) is 19.9. The van der Waals surface area contributed by atoms with Crippen LogP contribution < -0.4 is 0 Å². The molecule has 0 amide bonds. The normalized spacial score (nSPS) is 11.9. The number of nitrogens with zero attached hydrogens (tertiary/aromatic N) is 1. The van der Waals surface area contributed by atoms with Gasteiger partial charge >= 0.3 is 0 Å².